The van der Waals surface area contributed by atoms with Gasteiger partial charge in [0.2, 0.25) is 0 Å². The summed E-state index contributed by atoms with van der Waals surface area (Å²) in [5, 5.41) is 4.46. The zero-order valence-electron chi connectivity index (χ0n) is 13.6. The maximum absolute atomic E-state index is 5.70. The van der Waals surface area contributed by atoms with Gasteiger partial charge in [-0.1, -0.05) is 39.0 Å². The molecule has 2 rings (SSSR count). The average Bonchev–Trinajstić information content (AvgIpc) is 3.31. The molecule has 1 N–H and O–H groups in total. The Bertz CT molecular complexity index is 458. The van der Waals surface area contributed by atoms with Crippen LogP contribution in [0.2, 0.25) is 0 Å². The largest absolute Gasteiger partial charge is 0.349 e. The second-order valence-corrected chi connectivity index (χ2v) is 6.36. The molecule has 0 spiro atoms. The summed E-state index contributed by atoms with van der Waals surface area (Å²) in [4.78, 5) is 2.36. The van der Waals surface area contributed by atoms with Crippen LogP contribution in [0.3, 0.4) is 0 Å². The highest BCUT2D eigenvalue weighted by molar-refractivity contribution is 7.80. The summed E-state index contributed by atoms with van der Waals surface area (Å²) in [5.74, 6) is 0.864. The highest BCUT2D eigenvalue weighted by Gasteiger charge is 2.25. The van der Waals surface area contributed by atoms with Crippen molar-refractivity contribution in [2.24, 2.45) is 5.92 Å². The number of hydrogen-bond donors (Lipinski definition) is 1. The van der Waals surface area contributed by atoms with Crippen LogP contribution in [0.15, 0.2) is 18.2 Å². The standard InChI is InChI=1S/C18H28N2S/c1-4-12-20(13-14-10-11-14)18(21)19-17-15(5-2)8-7-9-16(17)6-3/h7-9,14H,4-6,10-13H2,1-3H3,(H,19,21). The number of para-hydroxylation sites is 1. The number of anilines is 1. The molecule has 3 heteroatoms. The van der Waals surface area contributed by atoms with Gasteiger partial charge in [0.25, 0.3) is 0 Å². The van der Waals surface area contributed by atoms with E-state index >= 15 is 0 Å². The molecule has 0 atom stereocenters. The predicted octanol–water partition coefficient (Wildman–Crippen LogP) is 4.63. The molecular formula is C18H28N2S. The van der Waals surface area contributed by atoms with Gasteiger partial charge in [0.05, 0.1) is 0 Å². The van der Waals surface area contributed by atoms with E-state index in [-0.39, 0.29) is 0 Å². The fourth-order valence-corrected chi connectivity index (χ4v) is 3.01. The Labute approximate surface area is 134 Å². The molecule has 1 aliphatic rings. The van der Waals surface area contributed by atoms with Crippen molar-refractivity contribution in [1.82, 2.24) is 4.90 Å². The molecule has 0 saturated heterocycles. The minimum Gasteiger partial charge on any atom is -0.349 e. The summed E-state index contributed by atoms with van der Waals surface area (Å²) in [6, 6.07) is 6.56. The van der Waals surface area contributed by atoms with E-state index < -0.39 is 0 Å². The number of aryl methyl sites for hydroxylation is 2. The molecule has 0 aliphatic heterocycles. The van der Waals surface area contributed by atoms with Crippen molar-refractivity contribution in [3.05, 3.63) is 29.3 Å². The lowest BCUT2D eigenvalue weighted by molar-refractivity contribution is 0.404. The van der Waals surface area contributed by atoms with Gasteiger partial charge in [-0.2, -0.15) is 0 Å². The molecule has 21 heavy (non-hydrogen) atoms. The fourth-order valence-electron chi connectivity index (χ4n) is 2.75. The Morgan fingerprint density at radius 2 is 1.81 bits per heavy atom. The van der Waals surface area contributed by atoms with Gasteiger partial charge in [0.15, 0.2) is 5.11 Å². The van der Waals surface area contributed by atoms with Crippen molar-refractivity contribution in [1.29, 1.82) is 0 Å². The summed E-state index contributed by atoms with van der Waals surface area (Å²) in [6.45, 7) is 8.81. The summed E-state index contributed by atoms with van der Waals surface area (Å²) in [7, 11) is 0. The van der Waals surface area contributed by atoms with Crippen LogP contribution >= 0.6 is 12.2 Å². The smallest absolute Gasteiger partial charge is 0.173 e. The van der Waals surface area contributed by atoms with Gasteiger partial charge in [0.1, 0.15) is 0 Å². The van der Waals surface area contributed by atoms with E-state index in [1.807, 2.05) is 0 Å². The first-order valence-corrected chi connectivity index (χ1v) is 8.77. The Balaban J connectivity index is 2.12. The summed E-state index contributed by atoms with van der Waals surface area (Å²) < 4.78 is 0. The Kier molecular flexibility index (Phi) is 6.04. The van der Waals surface area contributed by atoms with Crippen LogP contribution in [0.1, 0.15) is 51.2 Å². The highest BCUT2D eigenvalue weighted by atomic mass is 32.1. The van der Waals surface area contributed by atoms with Crippen molar-refractivity contribution in [3.63, 3.8) is 0 Å². The van der Waals surface area contributed by atoms with Crippen LogP contribution < -0.4 is 5.32 Å². The molecule has 1 aromatic carbocycles. The number of nitrogens with zero attached hydrogens (tertiary/aromatic N) is 1. The SMILES string of the molecule is CCCN(CC1CC1)C(=S)Nc1c(CC)cccc1CC. The minimum absolute atomic E-state index is 0.864. The third-order valence-corrected chi connectivity index (χ3v) is 4.55. The maximum Gasteiger partial charge on any atom is 0.173 e. The van der Waals surface area contributed by atoms with Crippen LogP contribution in [-0.4, -0.2) is 23.1 Å². The molecule has 2 nitrogen and oxygen atoms in total. The first kappa shape index (κ1) is 16.3. The molecule has 0 heterocycles. The number of thiocarbonyl (C=S) groups is 1. The van der Waals surface area contributed by atoms with Gasteiger partial charge >= 0.3 is 0 Å². The first-order chi connectivity index (χ1) is 10.2. The predicted molar refractivity (Wildman–Crippen MR) is 96.0 cm³/mol. The summed E-state index contributed by atoms with van der Waals surface area (Å²) in [5.41, 5.74) is 3.96. The van der Waals surface area contributed by atoms with Crippen molar-refractivity contribution in [3.8, 4) is 0 Å². The van der Waals surface area contributed by atoms with Crippen LogP contribution in [0.4, 0.5) is 5.69 Å². The van der Waals surface area contributed by atoms with Gasteiger partial charge in [-0.25, -0.2) is 0 Å². The van der Waals surface area contributed by atoms with Crippen LogP contribution in [0.25, 0.3) is 0 Å². The van der Waals surface area contributed by atoms with Crippen molar-refractivity contribution < 1.29 is 0 Å². The molecule has 1 aromatic rings. The third-order valence-electron chi connectivity index (χ3n) is 4.19. The molecule has 1 fully saturated rings. The van der Waals surface area contributed by atoms with Crippen molar-refractivity contribution >= 4 is 23.0 Å². The monoisotopic (exact) mass is 304 g/mol. The van der Waals surface area contributed by atoms with Gasteiger partial charge in [0, 0.05) is 18.8 Å². The molecule has 116 valence electrons. The van der Waals surface area contributed by atoms with Crippen LogP contribution in [0, 0.1) is 5.92 Å². The Morgan fingerprint density at radius 3 is 2.29 bits per heavy atom. The number of hydrogen-bond acceptors (Lipinski definition) is 1. The number of benzene rings is 1. The van der Waals surface area contributed by atoms with Gasteiger partial charge in [-0.15, -0.1) is 0 Å². The molecule has 1 aliphatic carbocycles. The summed E-state index contributed by atoms with van der Waals surface area (Å²) >= 11 is 5.70. The fraction of sp³-hybridized carbons (Fsp3) is 0.611. The number of rotatable bonds is 7. The van der Waals surface area contributed by atoms with Crippen LogP contribution in [0.5, 0.6) is 0 Å². The highest BCUT2D eigenvalue weighted by Crippen LogP contribution is 2.30. The Morgan fingerprint density at radius 1 is 1.19 bits per heavy atom. The molecular weight excluding hydrogens is 276 g/mol. The van der Waals surface area contributed by atoms with E-state index in [1.54, 1.807) is 0 Å². The van der Waals surface area contributed by atoms with Gasteiger partial charge in [-0.05, 0) is 61.4 Å². The van der Waals surface area contributed by atoms with E-state index in [1.165, 1.54) is 29.7 Å². The average molecular weight is 305 g/mol. The summed E-state index contributed by atoms with van der Waals surface area (Å²) in [6.07, 6.45) is 5.96. The second kappa shape index (κ2) is 7.79. The third kappa shape index (κ3) is 4.44. The van der Waals surface area contributed by atoms with E-state index in [0.717, 1.165) is 43.4 Å². The minimum atomic E-state index is 0.864. The lowest BCUT2D eigenvalue weighted by Crippen LogP contribution is -2.37. The van der Waals surface area contributed by atoms with Gasteiger partial charge < -0.3 is 10.2 Å². The van der Waals surface area contributed by atoms with E-state index in [9.17, 15) is 0 Å². The molecule has 1 saturated carbocycles. The van der Waals surface area contributed by atoms with E-state index in [4.69, 9.17) is 12.2 Å². The van der Waals surface area contributed by atoms with E-state index in [0.29, 0.717) is 0 Å². The van der Waals surface area contributed by atoms with E-state index in [2.05, 4.69) is 49.2 Å². The molecule has 0 amide bonds. The van der Waals surface area contributed by atoms with Gasteiger partial charge in [-0.3, -0.25) is 0 Å². The molecule has 0 aromatic heterocycles. The number of nitrogens with one attached hydrogen (secondary N) is 1. The Hall–Kier alpha value is -1.09. The normalized spacial score (nSPS) is 14.0. The quantitative estimate of drug-likeness (QED) is 0.739. The molecule has 0 bridgehead atoms. The first-order valence-electron chi connectivity index (χ1n) is 8.36. The maximum atomic E-state index is 5.70. The molecule has 0 radical (unpaired) electrons. The lowest BCUT2D eigenvalue weighted by Gasteiger charge is -2.27. The van der Waals surface area contributed by atoms with Crippen LogP contribution in [-0.2, 0) is 12.8 Å². The lowest BCUT2D eigenvalue weighted by atomic mass is 10.0. The topological polar surface area (TPSA) is 15.3 Å². The molecule has 0 unspecified atom stereocenters. The second-order valence-electron chi connectivity index (χ2n) is 5.98. The van der Waals surface area contributed by atoms with Crippen molar-refractivity contribution in [2.75, 3.05) is 18.4 Å². The zero-order chi connectivity index (χ0) is 15.2. The zero-order valence-corrected chi connectivity index (χ0v) is 14.4. The van der Waals surface area contributed by atoms with Crippen molar-refractivity contribution in [2.45, 2.75) is 52.9 Å².